The molecule has 1 aromatic carbocycles. The number of rotatable bonds is 9. The lowest BCUT2D eigenvalue weighted by atomic mass is 10.0. The first-order valence-electron chi connectivity index (χ1n) is 8.58. The Morgan fingerprint density at radius 3 is 2.25 bits per heavy atom. The van der Waals surface area contributed by atoms with Crippen molar-refractivity contribution in [2.24, 2.45) is 11.8 Å². The quantitative estimate of drug-likeness (QED) is 0.645. The highest BCUT2D eigenvalue weighted by Gasteiger charge is 2.24. The van der Waals surface area contributed by atoms with Gasteiger partial charge in [-0.05, 0) is 17.4 Å². The van der Waals surface area contributed by atoms with E-state index in [2.05, 4.69) is 10.6 Å². The molecule has 5 nitrogen and oxygen atoms in total. The summed E-state index contributed by atoms with van der Waals surface area (Å²) in [4.78, 5) is 24.2. The molecule has 1 rings (SSSR count). The van der Waals surface area contributed by atoms with Gasteiger partial charge in [0.25, 0.3) is 0 Å². The van der Waals surface area contributed by atoms with E-state index in [0.717, 1.165) is 5.56 Å². The van der Waals surface area contributed by atoms with E-state index < -0.39 is 12.1 Å². The molecule has 3 N–H and O–H groups in total. The number of nitrogens with one attached hydrogen (secondary N) is 2. The standard InChI is InChI=1S/C19H30N2O3/c1-13(2)10-17(23)21-18(14(3)4)19(24)20-12-16(22)11-15-8-6-5-7-9-15/h5-9,13-14,16,18,22H,10-12H2,1-4H3,(H,20,24)(H,21,23)/t16-,18+/m1/s1. The minimum atomic E-state index is -0.657. The van der Waals surface area contributed by atoms with Crippen LogP contribution in [0.15, 0.2) is 30.3 Å². The fourth-order valence-electron chi connectivity index (χ4n) is 2.42. The molecule has 134 valence electrons. The van der Waals surface area contributed by atoms with E-state index in [1.54, 1.807) is 0 Å². The Balaban J connectivity index is 2.48. The molecule has 0 saturated carbocycles. The van der Waals surface area contributed by atoms with Gasteiger partial charge in [0.2, 0.25) is 11.8 Å². The van der Waals surface area contributed by atoms with Crippen molar-refractivity contribution in [2.75, 3.05) is 6.54 Å². The molecule has 2 amide bonds. The van der Waals surface area contributed by atoms with Gasteiger partial charge in [0.1, 0.15) is 6.04 Å². The second-order valence-electron chi connectivity index (χ2n) is 6.98. The van der Waals surface area contributed by atoms with Gasteiger partial charge in [-0.15, -0.1) is 0 Å². The zero-order valence-electron chi connectivity index (χ0n) is 15.1. The lowest BCUT2D eigenvalue weighted by Gasteiger charge is -2.23. The first-order valence-corrected chi connectivity index (χ1v) is 8.58. The number of carbonyl (C=O) groups excluding carboxylic acids is 2. The predicted molar refractivity (Wildman–Crippen MR) is 95.4 cm³/mol. The van der Waals surface area contributed by atoms with Crippen LogP contribution in [0.4, 0.5) is 0 Å². The lowest BCUT2D eigenvalue weighted by Crippen LogP contribution is -2.51. The second kappa shape index (κ2) is 10.1. The molecule has 0 fully saturated rings. The molecule has 24 heavy (non-hydrogen) atoms. The molecule has 0 bridgehead atoms. The Hall–Kier alpha value is -1.88. The fraction of sp³-hybridized carbons (Fsp3) is 0.579. The summed E-state index contributed by atoms with van der Waals surface area (Å²) in [6, 6.07) is 9.05. The van der Waals surface area contributed by atoms with Gasteiger partial charge in [0.15, 0.2) is 0 Å². The van der Waals surface area contributed by atoms with Gasteiger partial charge in [-0.1, -0.05) is 58.0 Å². The van der Waals surface area contributed by atoms with Crippen molar-refractivity contribution in [1.29, 1.82) is 0 Å². The average molecular weight is 334 g/mol. The summed E-state index contributed by atoms with van der Waals surface area (Å²) >= 11 is 0. The van der Waals surface area contributed by atoms with Crippen LogP contribution in [0.5, 0.6) is 0 Å². The molecule has 0 aliphatic rings. The summed E-state index contributed by atoms with van der Waals surface area (Å²) < 4.78 is 0. The number of aliphatic hydroxyl groups excluding tert-OH is 1. The maximum Gasteiger partial charge on any atom is 0.242 e. The van der Waals surface area contributed by atoms with Crippen LogP contribution >= 0.6 is 0 Å². The molecule has 0 aromatic heterocycles. The van der Waals surface area contributed by atoms with Crippen molar-refractivity contribution in [1.82, 2.24) is 10.6 Å². The van der Waals surface area contributed by atoms with E-state index in [0.29, 0.717) is 12.8 Å². The van der Waals surface area contributed by atoms with Crippen LogP contribution in [0.2, 0.25) is 0 Å². The summed E-state index contributed by atoms with van der Waals surface area (Å²) in [6.07, 6.45) is 0.218. The zero-order chi connectivity index (χ0) is 18.1. The molecule has 5 heteroatoms. The SMILES string of the molecule is CC(C)CC(=O)N[C@H](C(=O)NC[C@H](O)Cc1ccccc1)C(C)C. The number of hydrogen-bond acceptors (Lipinski definition) is 3. The summed E-state index contributed by atoms with van der Waals surface area (Å²) in [5, 5.41) is 15.6. The van der Waals surface area contributed by atoms with E-state index in [4.69, 9.17) is 0 Å². The zero-order valence-corrected chi connectivity index (χ0v) is 15.1. The Morgan fingerprint density at radius 2 is 1.71 bits per heavy atom. The maximum atomic E-state index is 12.3. The van der Waals surface area contributed by atoms with Crippen LogP contribution < -0.4 is 10.6 Å². The molecule has 0 aliphatic heterocycles. The molecule has 0 unspecified atom stereocenters. The van der Waals surface area contributed by atoms with E-state index in [1.807, 2.05) is 58.0 Å². The van der Waals surface area contributed by atoms with Crippen molar-refractivity contribution >= 4 is 11.8 Å². The largest absolute Gasteiger partial charge is 0.391 e. The third kappa shape index (κ3) is 7.59. The highest BCUT2D eigenvalue weighted by Crippen LogP contribution is 2.06. The molecular weight excluding hydrogens is 304 g/mol. The van der Waals surface area contributed by atoms with Gasteiger partial charge in [0.05, 0.1) is 6.10 Å². The van der Waals surface area contributed by atoms with Crippen LogP contribution in [-0.4, -0.2) is 35.6 Å². The molecule has 0 aliphatic carbocycles. The van der Waals surface area contributed by atoms with Crippen molar-refractivity contribution < 1.29 is 14.7 Å². The predicted octanol–water partition coefficient (Wildman–Crippen LogP) is 1.89. The third-order valence-corrected chi connectivity index (χ3v) is 3.69. The maximum absolute atomic E-state index is 12.3. The number of hydrogen-bond donors (Lipinski definition) is 3. The van der Waals surface area contributed by atoms with Crippen molar-refractivity contribution in [3.05, 3.63) is 35.9 Å². The molecule has 0 spiro atoms. The van der Waals surface area contributed by atoms with Gasteiger partial charge in [0, 0.05) is 19.4 Å². The Morgan fingerprint density at radius 1 is 1.08 bits per heavy atom. The normalized spacial score (nSPS) is 13.6. The summed E-state index contributed by atoms with van der Waals surface area (Å²) in [7, 11) is 0. The summed E-state index contributed by atoms with van der Waals surface area (Å²) in [5.41, 5.74) is 1.02. The smallest absolute Gasteiger partial charge is 0.242 e. The average Bonchev–Trinajstić information content (AvgIpc) is 2.50. The van der Waals surface area contributed by atoms with Gasteiger partial charge >= 0.3 is 0 Å². The fourth-order valence-corrected chi connectivity index (χ4v) is 2.42. The highest BCUT2D eigenvalue weighted by molar-refractivity contribution is 5.87. The number of aliphatic hydroxyl groups is 1. The van der Waals surface area contributed by atoms with Crippen LogP contribution in [-0.2, 0) is 16.0 Å². The topological polar surface area (TPSA) is 78.4 Å². The van der Waals surface area contributed by atoms with Gasteiger partial charge in [-0.25, -0.2) is 0 Å². The highest BCUT2D eigenvalue weighted by atomic mass is 16.3. The Labute approximate surface area is 144 Å². The Bertz CT molecular complexity index is 515. The molecular formula is C19H30N2O3. The van der Waals surface area contributed by atoms with Gasteiger partial charge < -0.3 is 15.7 Å². The minimum Gasteiger partial charge on any atom is -0.391 e. The third-order valence-electron chi connectivity index (χ3n) is 3.69. The summed E-state index contributed by atoms with van der Waals surface area (Å²) in [5.74, 6) is -0.154. The lowest BCUT2D eigenvalue weighted by molar-refractivity contribution is -0.130. The minimum absolute atomic E-state index is 0.0209. The molecule has 2 atom stereocenters. The summed E-state index contributed by atoms with van der Waals surface area (Å²) in [6.45, 7) is 7.87. The van der Waals surface area contributed by atoms with E-state index in [1.165, 1.54) is 0 Å². The molecule has 0 saturated heterocycles. The van der Waals surface area contributed by atoms with E-state index in [9.17, 15) is 14.7 Å². The van der Waals surface area contributed by atoms with Crippen LogP contribution in [0.1, 0.15) is 39.7 Å². The molecule has 1 aromatic rings. The Kier molecular flexibility index (Phi) is 8.47. The van der Waals surface area contributed by atoms with Crippen molar-refractivity contribution in [3.63, 3.8) is 0 Å². The van der Waals surface area contributed by atoms with Crippen LogP contribution in [0.25, 0.3) is 0 Å². The number of amides is 2. The van der Waals surface area contributed by atoms with Crippen LogP contribution in [0, 0.1) is 11.8 Å². The molecule has 0 radical (unpaired) electrons. The molecule has 0 heterocycles. The first-order chi connectivity index (χ1) is 11.3. The van der Waals surface area contributed by atoms with Crippen molar-refractivity contribution in [2.45, 2.75) is 52.7 Å². The number of benzene rings is 1. The monoisotopic (exact) mass is 334 g/mol. The van der Waals surface area contributed by atoms with Crippen molar-refractivity contribution in [3.8, 4) is 0 Å². The van der Waals surface area contributed by atoms with Gasteiger partial charge in [-0.3, -0.25) is 9.59 Å². The van der Waals surface area contributed by atoms with E-state index in [-0.39, 0.29) is 30.2 Å². The van der Waals surface area contributed by atoms with Gasteiger partial charge in [-0.2, -0.15) is 0 Å². The first kappa shape index (κ1) is 20.2. The van der Waals surface area contributed by atoms with E-state index >= 15 is 0 Å². The van der Waals surface area contributed by atoms with Crippen LogP contribution in [0.3, 0.4) is 0 Å². The number of carbonyl (C=O) groups is 2. The second-order valence-corrected chi connectivity index (χ2v) is 6.98.